The van der Waals surface area contributed by atoms with E-state index < -0.39 is 0 Å². The number of nitrogens with zero attached hydrogens (tertiary/aromatic N) is 1. The van der Waals surface area contributed by atoms with E-state index >= 15 is 0 Å². The molecule has 0 spiro atoms. The fourth-order valence-corrected chi connectivity index (χ4v) is 2.26. The first kappa shape index (κ1) is 15.0. The van der Waals surface area contributed by atoms with Gasteiger partial charge in [0, 0.05) is 13.0 Å². The maximum Gasteiger partial charge on any atom is 0.310 e. The van der Waals surface area contributed by atoms with E-state index in [9.17, 15) is 9.59 Å². The molecule has 0 aliphatic carbocycles. The second-order valence-electron chi connectivity index (χ2n) is 4.57. The summed E-state index contributed by atoms with van der Waals surface area (Å²) in [5.41, 5.74) is 0. The summed E-state index contributed by atoms with van der Waals surface area (Å²) in [6, 6.07) is 0. The number of methoxy groups -OCH3 is 1. The molecular weight excluding hydrogens is 234 g/mol. The number of hydrogen-bond donors (Lipinski definition) is 0. The topological polar surface area (TPSA) is 55.8 Å². The Kier molecular flexibility index (Phi) is 6.72. The van der Waals surface area contributed by atoms with Gasteiger partial charge in [0.25, 0.3) is 0 Å². The molecule has 0 amide bonds. The van der Waals surface area contributed by atoms with Gasteiger partial charge in [-0.1, -0.05) is 0 Å². The molecule has 1 fully saturated rings. The highest BCUT2D eigenvalue weighted by Crippen LogP contribution is 2.18. The van der Waals surface area contributed by atoms with Crippen LogP contribution in [0.4, 0.5) is 0 Å². The van der Waals surface area contributed by atoms with Crippen LogP contribution in [0, 0.1) is 5.92 Å². The van der Waals surface area contributed by atoms with Gasteiger partial charge in [-0.25, -0.2) is 0 Å². The number of carbonyl (C=O) groups excluding carboxylic acids is 2. The highest BCUT2D eigenvalue weighted by molar-refractivity contribution is 5.72. The van der Waals surface area contributed by atoms with Gasteiger partial charge in [-0.3, -0.25) is 9.59 Å². The molecule has 18 heavy (non-hydrogen) atoms. The van der Waals surface area contributed by atoms with Crippen molar-refractivity contribution in [3.8, 4) is 0 Å². The second-order valence-corrected chi connectivity index (χ2v) is 4.57. The maximum absolute atomic E-state index is 11.6. The molecule has 1 rings (SSSR count). The first-order valence-electron chi connectivity index (χ1n) is 6.63. The minimum atomic E-state index is -0.172. The minimum Gasteiger partial charge on any atom is -0.469 e. The summed E-state index contributed by atoms with van der Waals surface area (Å²) < 4.78 is 9.65. The molecule has 104 valence electrons. The van der Waals surface area contributed by atoms with Crippen molar-refractivity contribution >= 4 is 11.9 Å². The molecule has 5 nitrogen and oxygen atoms in total. The monoisotopic (exact) mass is 257 g/mol. The summed E-state index contributed by atoms with van der Waals surface area (Å²) in [6.45, 7) is 4.86. The van der Waals surface area contributed by atoms with Gasteiger partial charge in [-0.15, -0.1) is 0 Å². The summed E-state index contributed by atoms with van der Waals surface area (Å²) >= 11 is 0. The number of esters is 2. The van der Waals surface area contributed by atoms with E-state index in [1.807, 2.05) is 6.92 Å². The number of likely N-dealkylation sites (tertiary alicyclic amines) is 1. The predicted molar refractivity (Wildman–Crippen MR) is 67.0 cm³/mol. The largest absolute Gasteiger partial charge is 0.469 e. The number of ether oxygens (including phenoxy) is 2. The van der Waals surface area contributed by atoms with E-state index in [1.165, 1.54) is 7.11 Å². The normalized spacial score (nSPS) is 20.4. The van der Waals surface area contributed by atoms with E-state index in [-0.39, 0.29) is 17.9 Å². The number of rotatable bonds is 6. The zero-order chi connectivity index (χ0) is 13.4. The summed E-state index contributed by atoms with van der Waals surface area (Å²) in [6.07, 6.45) is 3.15. The van der Waals surface area contributed by atoms with Gasteiger partial charge >= 0.3 is 11.9 Å². The molecule has 1 unspecified atom stereocenters. The van der Waals surface area contributed by atoms with Gasteiger partial charge in [-0.2, -0.15) is 0 Å². The SMILES string of the molecule is CCOC(=O)C1CCCN(CCCC(=O)OC)C1. The molecule has 1 atom stereocenters. The molecule has 0 aromatic carbocycles. The minimum absolute atomic E-state index is 0.00294. The summed E-state index contributed by atoms with van der Waals surface area (Å²) in [5, 5.41) is 0. The summed E-state index contributed by atoms with van der Waals surface area (Å²) in [5.74, 6) is -0.263. The lowest BCUT2D eigenvalue weighted by molar-refractivity contribution is -0.150. The first-order valence-corrected chi connectivity index (χ1v) is 6.63. The van der Waals surface area contributed by atoms with Crippen molar-refractivity contribution in [2.24, 2.45) is 5.92 Å². The molecular formula is C13H23NO4. The highest BCUT2D eigenvalue weighted by Gasteiger charge is 2.26. The average molecular weight is 257 g/mol. The lowest BCUT2D eigenvalue weighted by Crippen LogP contribution is -2.39. The van der Waals surface area contributed by atoms with Gasteiger partial charge in [0.1, 0.15) is 0 Å². The van der Waals surface area contributed by atoms with Crippen molar-refractivity contribution in [2.45, 2.75) is 32.6 Å². The van der Waals surface area contributed by atoms with Crippen LogP contribution in [0.15, 0.2) is 0 Å². The van der Waals surface area contributed by atoms with Crippen molar-refractivity contribution in [3.63, 3.8) is 0 Å². The van der Waals surface area contributed by atoms with Crippen LogP contribution in [0.25, 0.3) is 0 Å². The molecule has 0 bridgehead atoms. The Morgan fingerprint density at radius 1 is 1.39 bits per heavy atom. The van der Waals surface area contributed by atoms with E-state index in [4.69, 9.17) is 4.74 Å². The molecule has 0 radical (unpaired) electrons. The van der Waals surface area contributed by atoms with E-state index in [2.05, 4.69) is 9.64 Å². The maximum atomic E-state index is 11.6. The third-order valence-corrected chi connectivity index (χ3v) is 3.21. The van der Waals surface area contributed by atoms with Crippen molar-refractivity contribution in [1.29, 1.82) is 0 Å². The molecule has 1 aliphatic rings. The Balaban J connectivity index is 2.26. The van der Waals surface area contributed by atoms with Crippen LogP contribution >= 0.6 is 0 Å². The van der Waals surface area contributed by atoms with Gasteiger partial charge in [0.15, 0.2) is 0 Å². The van der Waals surface area contributed by atoms with Crippen LogP contribution in [0.5, 0.6) is 0 Å². The quantitative estimate of drug-likeness (QED) is 0.670. The molecule has 5 heteroatoms. The van der Waals surface area contributed by atoms with E-state index in [0.29, 0.717) is 13.0 Å². The lowest BCUT2D eigenvalue weighted by Gasteiger charge is -2.31. The molecule has 1 aliphatic heterocycles. The Labute approximate surface area is 108 Å². The summed E-state index contributed by atoms with van der Waals surface area (Å²) in [7, 11) is 1.40. The zero-order valence-electron chi connectivity index (χ0n) is 11.3. The van der Waals surface area contributed by atoms with Gasteiger partial charge in [0.05, 0.1) is 19.6 Å². The molecule has 0 N–H and O–H groups in total. The van der Waals surface area contributed by atoms with Gasteiger partial charge < -0.3 is 14.4 Å². The number of hydrogen-bond acceptors (Lipinski definition) is 5. The van der Waals surface area contributed by atoms with Crippen molar-refractivity contribution in [1.82, 2.24) is 4.90 Å². The van der Waals surface area contributed by atoms with E-state index in [1.54, 1.807) is 0 Å². The van der Waals surface area contributed by atoms with Crippen LogP contribution < -0.4 is 0 Å². The van der Waals surface area contributed by atoms with Crippen LogP contribution in [0.2, 0.25) is 0 Å². The Morgan fingerprint density at radius 2 is 2.17 bits per heavy atom. The molecule has 1 saturated heterocycles. The van der Waals surface area contributed by atoms with Crippen LogP contribution in [-0.2, 0) is 19.1 Å². The Hall–Kier alpha value is -1.10. The Morgan fingerprint density at radius 3 is 2.83 bits per heavy atom. The molecule has 0 saturated carbocycles. The van der Waals surface area contributed by atoms with Crippen molar-refractivity contribution in [2.75, 3.05) is 33.4 Å². The molecule has 1 heterocycles. The third kappa shape index (κ3) is 5.04. The van der Waals surface area contributed by atoms with Crippen molar-refractivity contribution in [3.05, 3.63) is 0 Å². The summed E-state index contributed by atoms with van der Waals surface area (Å²) in [4.78, 5) is 24.9. The zero-order valence-corrected chi connectivity index (χ0v) is 11.3. The smallest absolute Gasteiger partial charge is 0.310 e. The van der Waals surface area contributed by atoms with Crippen LogP contribution in [0.3, 0.4) is 0 Å². The third-order valence-electron chi connectivity index (χ3n) is 3.21. The number of piperidine rings is 1. The standard InChI is InChI=1S/C13H23NO4/c1-3-18-13(16)11-6-4-8-14(10-11)9-5-7-12(15)17-2/h11H,3-10H2,1-2H3. The lowest BCUT2D eigenvalue weighted by atomic mass is 9.98. The molecule has 0 aromatic rings. The fraction of sp³-hybridized carbons (Fsp3) is 0.846. The number of carbonyl (C=O) groups is 2. The first-order chi connectivity index (χ1) is 8.67. The Bertz CT molecular complexity index is 280. The van der Waals surface area contributed by atoms with Crippen molar-refractivity contribution < 1.29 is 19.1 Å². The molecule has 0 aromatic heterocycles. The van der Waals surface area contributed by atoms with Crippen LogP contribution in [-0.4, -0.2) is 50.2 Å². The van der Waals surface area contributed by atoms with Gasteiger partial charge in [-0.05, 0) is 39.3 Å². The predicted octanol–water partition coefficient (Wildman–Crippen LogP) is 1.21. The second kappa shape index (κ2) is 8.08. The fourth-order valence-electron chi connectivity index (χ4n) is 2.26. The van der Waals surface area contributed by atoms with E-state index in [0.717, 1.165) is 38.9 Å². The average Bonchev–Trinajstić information content (AvgIpc) is 2.39. The van der Waals surface area contributed by atoms with Gasteiger partial charge in [0.2, 0.25) is 0 Å². The highest BCUT2D eigenvalue weighted by atomic mass is 16.5. The van der Waals surface area contributed by atoms with Crippen LogP contribution in [0.1, 0.15) is 32.6 Å².